The van der Waals surface area contributed by atoms with Crippen molar-refractivity contribution >= 4 is 22.6 Å². The minimum absolute atomic E-state index is 0.0407. The van der Waals surface area contributed by atoms with Crippen LogP contribution >= 0.6 is 0 Å². The predicted octanol–water partition coefficient (Wildman–Crippen LogP) is 3.60. The highest BCUT2D eigenvalue weighted by atomic mass is 16.6. The number of hydrogen-bond donors (Lipinski definition) is 1. The molecule has 0 saturated heterocycles. The van der Waals surface area contributed by atoms with E-state index in [2.05, 4.69) is 15.1 Å². The molecule has 0 atom stereocenters. The third-order valence-electron chi connectivity index (χ3n) is 5.23. The van der Waals surface area contributed by atoms with E-state index in [0.29, 0.717) is 30.0 Å². The van der Waals surface area contributed by atoms with Gasteiger partial charge in [0.2, 0.25) is 0 Å². The summed E-state index contributed by atoms with van der Waals surface area (Å²) in [5, 5.41) is 15.4. The molecule has 0 saturated carbocycles. The Bertz CT molecular complexity index is 1240. The van der Waals surface area contributed by atoms with Crippen LogP contribution in [0.15, 0.2) is 48.5 Å². The molecule has 1 N–H and O–H groups in total. The minimum atomic E-state index is -0.409. The summed E-state index contributed by atoms with van der Waals surface area (Å²) < 4.78 is 1.61. The number of aromatic amines is 1. The highest BCUT2D eigenvalue weighted by Crippen LogP contribution is 2.22. The Labute approximate surface area is 178 Å². The van der Waals surface area contributed by atoms with Crippen LogP contribution in [-0.4, -0.2) is 42.5 Å². The zero-order chi connectivity index (χ0) is 22.1. The van der Waals surface area contributed by atoms with Crippen molar-refractivity contribution in [3.63, 3.8) is 0 Å². The second kappa shape index (κ2) is 8.02. The van der Waals surface area contributed by atoms with Gasteiger partial charge in [-0.3, -0.25) is 19.6 Å². The van der Waals surface area contributed by atoms with Gasteiger partial charge in [0.1, 0.15) is 17.2 Å². The summed E-state index contributed by atoms with van der Waals surface area (Å²) in [5.41, 5.74) is 4.20. The fourth-order valence-corrected chi connectivity index (χ4v) is 3.63. The smallest absolute Gasteiger partial charge is 0.312 e. The van der Waals surface area contributed by atoms with E-state index in [1.807, 2.05) is 36.4 Å². The van der Waals surface area contributed by atoms with E-state index in [9.17, 15) is 14.9 Å². The number of aromatic nitrogens is 4. The summed E-state index contributed by atoms with van der Waals surface area (Å²) in [6, 6.07) is 14.9. The number of para-hydroxylation sites is 2. The minimum Gasteiger partial charge on any atom is -0.340 e. The number of benzene rings is 2. The average Bonchev–Trinajstić information content (AvgIpc) is 3.27. The van der Waals surface area contributed by atoms with Crippen LogP contribution in [0.2, 0.25) is 0 Å². The molecule has 4 aromatic rings. The first-order chi connectivity index (χ1) is 14.8. The molecule has 0 aliphatic rings. The summed E-state index contributed by atoms with van der Waals surface area (Å²) in [4.78, 5) is 32.9. The molecular formula is C22H22N6O3. The van der Waals surface area contributed by atoms with Gasteiger partial charge in [-0.1, -0.05) is 24.3 Å². The van der Waals surface area contributed by atoms with Crippen molar-refractivity contribution in [2.24, 2.45) is 0 Å². The Morgan fingerprint density at radius 1 is 1.16 bits per heavy atom. The zero-order valence-electron chi connectivity index (χ0n) is 17.5. The molecule has 0 aliphatic heterocycles. The van der Waals surface area contributed by atoms with E-state index in [-0.39, 0.29) is 11.6 Å². The number of nitrogens with one attached hydrogen (secondary N) is 1. The van der Waals surface area contributed by atoms with Crippen LogP contribution in [0.4, 0.5) is 5.69 Å². The third-order valence-corrected chi connectivity index (χ3v) is 5.23. The van der Waals surface area contributed by atoms with Crippen molar-refractivity contribution in [1.29, 1.82) is 0 Å². The van der Waals surface area contributed by atoms with Gasteiger partial charge in [-0.2, -0.15) is 5.10 Å². The Balaban J connectivity index is 1.45. The molecule has 2 heterocycles. The lowest BCUT2D eigenvalue weighted by molar-refractivity contribution is -0.386. The van der Waals surface area contributed by atoms with Crippen molar-refractivity contribution in [2.75, 3.05) is 7.05 Å². The van der Waals surface area contributed by atoms with Crippen LogP contribution < -0.4 is 0 Å². The second-order valence-electron chi connectivity index (χ2n) is 7.49. The molecule has 158 valence electrons. The number of aryl methyl sites for hydroxylation is 1. The summed E-state index contributed by atoms with van der Waals surface area (Å²) >= 11 is 0. The molecule has 9 nitrogen and oxygen atoms in total. The fraction of sp³-hybridized carbons (Fsp3) is 0.227. The van der Waals surface area contributed by atoms with E-state index in [4.69, 9.17) is 0 Å². The van der Waals surface area contributed by atoms with Gasteiger partial charge in [-0.15, -0.1) is 0 Å². The van der Waals surface area contributed by atoms with Gasteiger partial charge in [0.05, 0.1) is 29.0 Å². The summed E-state index contributed by atoms with van der Waals surface area (Å²) in [5.74, 6) is 0.605. The van der Waals surface area contributed by atoms with Crippen LogP contribution in [0.3, 0.4) is 0 Å². The molecule has 0 fully saturated rings. The Hall–Kier alpha value is -4.01. The number of H-pyrrole nitrogens is 1. The number of rotatable bonds is 6. The van der Waals surface area contributed by atoms with Crippen LogP contribution in [0.25, 0.3) is 11.0 Å². The molecule has 0 radical (unpaired) electrons. The number of amides is 1. The normalized spacial score (nSPS) is 11.1. The van der Waals surface area contributed by atoms with E-state index in [0.717, 1.165) is 22.4 Å². The van der Waals surface area contributed by atoms with Crippen LogP contribution in [0.5, 0.6) is 0 Å². The van der Waals surface area contributed by atoms with E-state index in [1.54, 1.807) is 42.6 Å². The average molecular weight is 418 g/mol. The largest absolute Gasteiger partial charge is 0.340 e. The molecule has 0 bridgehead atoms. The van der Waals surface area contributed by atoms with E-state index < -0.39 is 4.92 Å². The van der Waals surface area contributed by atoms with Crippen molar-refractivity contribution in [3.05, 3.63) is 87.0 Å². The van der Waals surface area contributed by atoms with Crippen molar-refractivity contribution in [2.45, 2.75) is 26.9 Å². The van der Waals surface area contributed by atoms with Gasteiger partial charge in [-0.25, -0.2) is 4.98 Å². The highest BCUT2D eigenvalue weighted by molar-refractivity contribution is 5.94. The van der Waals surface area contributed by atoms with Gasteiger partial charge >= 0.3 is 5.69 Å². The third kappa shape index (κ3) is 4.02. The van der Waals surface area contributed by atoms with Gasteiger partial charge in [0.15, 0.2) is 0 Å². The number of nitrogens with zero attached hydrogens (tertiary/aromatic N) is 5. The van der Waals surface area contributed by atoms with Crippen molar-refractivity contribution in [1.82, 2.24) is 24.6 Å². The van der Waals surface area contributed by atoms with Crippen molar-refractivity contribution < 1.29 is 9.72 Å². The Kier molecular flexibility index (Phi) is 5.24. The molecule has 31 heavy (non-hydrogen) atoms. The predicted molar refractivity (Wildman–Crippen MR) is 116 cm³/mol. The maximum Gasteiger partial charge on any atom is 0.312 e. The van der Waals surface area contributed by atoms with Crippen LogP contribution in [-0.2, 0) is 13.1 Å². The second-order valence-corrected chi connectivity index (χ2v) is 7.49. The summed E-state index contributed by atoms with van der Waals surface area (Å²) in [6.45, 7) is 4.07. The first-order valence-electron chi connectivity index (χ1n) is 9.80. The Morgan fingerprint density at radius 3 is 2.52 bits per heavy atom. The molecule has 0 aliphatic carbocycles. The lowest BCUT2D eigenvalue weighted by atomic mass is 10.1. The number of imidazole rings is 1. The van der Waals surface area contributed by atoms with Crippen molar-refractivity contribution in [3.8, 4) is 0 Å². The molecule has 0 spiro atoms. The number of carbonyl (C=O) groups is 1. The highest BCUT2D eigenvalue weighted by Gasteiger charge is 2.22. The quantitative estimate of drug-likeness (QED) is 0.380. The van der Waals surface area contributed by atoms with Crippen LogP contribution in [0, 0.1) is 24.0 Å². The molecule has 4 rings (SSSR count). The monoisotopic (exact) mass is 418 g/mol. The molecule has 0 unspecified atom stereocenters. The molecule has 9 heteroatoms. The number of hydrogen-bond acceptors (Lipinski definition) is 5. The lowest BCUT2D eigenvalue weighted by Gasteiger charge is -2.16. The standard InChI is InChI=1S/C22H22N6O3/c1-14-21(28(30)31)15(2)27(25-14)12-16-8-10-17(11-9-16)22(29)26(3)13-20-23-18-6-4-5-7-19(18)24-20/h4-11H,12-13H2,1-3H3,(H,23,24). The number of nitro groups is 1. The Morgan fingerprint density at radius 2 is 1.87 bits per heavy atom. The topological polar surface area (TPSA) is 110 Å². The SMILES string of the molecule is Cc1nn(Cc2ccc(C(=O)N(C)Cc3nc4ccccc4[nH]3)cc2)c(C)c1[N+](=O)[O-]. The first kappa shape index (κ1) is 20.3. The fourth-order valence-electron chi connectivity index (χ4n) is 3.63. The maximum absolute atomic E-state index is 12.8. The number of carbonyl (C=O) groups excluding carboxylic acids is 1. The number of fused-ring (bicyclic) bond motifs is 1. The van der Waals surface area contributed by atoms with E-state index in [1.165, 1.54) is 0 Å². The molecule has 2 aromatic heterocycles. The van der Waals surface area contributed by atoms with E-state index >= 15 is 0 Å². The molecule has 2 aromatic carbocycles. The van der Waals surface area contributed by atoms with Gasteiger partial charge in [0, 0.05) is 12.6 Å². The summed E-state index contributed by atoms with van der Waals surface area (Å²) in [7, 11) is 1.73. The lowest BCUT2D eigenvalue weighted by Crippen LogP contribution is -2.26. The first-order valence-corrected chi connectivity index (χ1v) is 9.80. The maximum atomic E-state index is 12.8. The molecular weight excluding hydrogens is 396 g/mol. The zero-order valence-corrected chi connectivity index (χ0v) is 17.5. The molecule has 1 amide bonds. The van der Waals surface area contributed by atoms with Crippen LogP contribution in [0.1, 0.15) is 33.1 Å². The van der Waals surface area contributed by atoms with Gasteiger partial charge in [0.25, 0.3) is 5.91 Å². The van der Waals surface area contributed by atoms with Gasteiger partial charge in [-0.05, 0) is 43.7 Å². The summed E-state index contributed by atoms with van der Waals surface area (Å²) in [6.07, 6.45) is 0. The van der Waals surface area contributed by atoms with Gasteiger partial charge < -0.3 is 9.88 Å².